The van der Waals surface area contributed by atoms with Gasteiger partial charge in [-0.1, -0.05) is 62.9 Å². The lowest BCUT2D eigenvalue weighted by Crippen LogP contribution is -2.17. The van der Waals surface area contributed by atoms with Crippen molar-refractivity contribution in [3.63, 3.8) is 0 Å². The molecule has 1 nitrogen and oxygen atoms in total. The Bertz CT molecular complexity index is 394. The second-order valence-electron chi connectivity index (χ2n) is 5.83. The number of benzene rings is 1. The van der Waals surface area contributed by atoms with Gasteiger partial charge in [-0.15, -0.1) is 0 Å². The van der Waals surface area contributed by atoms with Gasteiger partial charge in [0.1, 0.15) is 0 Å². The van der Waals surface area contributed by atoms with Crippen molar-refractivity contribution in [1.82, 2.24) is 0 Å². The number of hydrogen-bond donors (Lipinski definition) is 0. The summed E-state index contributed by atoms with van der Waals surface area (Å²) in [7, 11) is 0. The van der Waals surface area contributed by atoms with E-state index in [1.54, 1.807) is 0 Å². The summed E-state index contributed by atoms with van der Waals surface area (Å²) >= 11 is 0. The minimum Gasteiger partial charge on any atom is -0.286 e. The lowest BCUT2D eigenvalue weighted by molar-refractivity contribution is 0.442. The van der Waals surface area contributed by atoms with Crippen molar-refractivity contribution in [2.24, 2.45) is 10.9 Å². The van der Waals surface area contributed by atoms with Crippen molar-refractivity contribution >= 4 is 5.71 Å². The number of rotatable bonds is 3. The Hall–Kier alpha value is -1.11. The molecule has 18 heavy (non-hydrogen) atoms. The molecule has 1 aromatic carbocycles. The van der Waals surface area contributed by atoms with E-state index >= 15 is 0 Å². The fourth-order valence-electron chi connectivity index (χ4n) is 2.69. The van der Waals surface area contributed by atoms with E-state index in [0.717, 1.165) is 0 Å². The van der Waals surface area contributed by atoms with Crippen molar-refractivity contribution in [3.05, 3.63) is 35.4 Å². The van der Waals surface area contributed by atoms with Gasteiger partial charge in [0.25, 0.3) is 0 Å². The van der Waals surface area contributed by atoms with Gasteiger partial charge in [0, 0.05) is 5.71 Å². The molecule has 0 saturated heterocycles. The number of aryl methyl sites for hydroxylation is 1. The van der Waals surface area contributed by atoms with Crippen LogP contribution in [-0.4, -0.2) is 11.8 Å². The molecule has 0 unspecified atom stereocenters. The molecule has 0 heterocycles. The highest BCUT2D eigenvalue weighted by Crippen LogP contribution is 2.22. The van der Waals surface area contributed by atoms with E-state index in [9.17, 15) is 0 Å². The molecule has 0 amide bonds. The van der Waals surface area contributed by atoms with Crippen molar-refractivity contribution in [1.29, 1.82) is 0 Å². The molecule has 0 aromatic heterocycles. The van der Waals surface area contributed by atoms with E-state index < -0.39 is 0 Å². The van der Waals surface area contributed by atoms with E-state index in [1.807, 2.05) is 0 Å². The molecule has 0 bridgehead atoms. The molecule has 2 rings (SSSR count). The van der Waals surface area contributed by atoms with E-state index in [2.05, 4.69) is 45.0 Å². The van der Waals surface area contributed by atoms with Gasteiger partial charge in [0.15, 0.2) is 0 Å². The molecule has 0 aliphatic heterocycles. The van der Waals surface area contributed by atoms with E-state index in [0.29, 0.717) is 12.0 Å². The van der Waals surface area contributed by atoms with E-state index in [4.69, 9.17) is 4.99 Å². The Balaban J connectivity index is 2.21. The van der Waals surface area contributed by atoms with Gasteiger partial charge in [-0.2, -0.15) is 0 Å². The van der Waals surface area contributed by atoms with Crippen LogP contribution in [0.4, 0.5) is 0 Å². The standard InChI is InChI=1S/C17H25N/c1-13(2)17(15-11-9-14(3)10-12-15)18-16-7-5-4-6-8-16/h9-13,16H,4-8H2,1-3H3. The van der Waals surface area contributed by atoms with Gasteiger partial charge in [-0.25, -0.2) is 0 Å². The largest absolute Gasteiger partial charge is 0.286 e. The number of aliphatic imine (C=N–C) groups is 1. The quantitative estimate of drug-likeness (QED) is 0.678. The molecule has 1 aromatic rings. The van der Waals surface area contributed by atoms with Gasteiger partial charge >= 0.3 is 0 Å². The maximum absolute atomic E-state index is 5.05. The molecule has 1 heteroatoms. The minimum absolute atomic E-state index is 0.509. The van der Waals surface area contributed by atoms with Gasteiger partial charge in [0.05, 0.1) is 6.04 Å². The van der Waals surface area contributed by atoms with Crippen molar-refractivity contribution < 1.29 is 0 Å². The molecular weight excluding hydrogens is 218 g/mol. The van der Waals surface area contributed by atoms with Crippen LogP contribution in [-0.2, 0) is 0 Å². The van der Waals surface area contributed by atoms with E-state index in [-0.39, 0.29) is 0 Å². The first kappa shape index (κ1) is 13.3. The first-order valence-electron chi connectivity index (χ1n) is 7.31. The van der Waals surface area contributed by atoms with Gasteiger partial charge in [0.2, 0.25) is 0 Å². The lowest BCUT2D eigenvalue weighted by Gasteiger charge is -2.21. The Labute approximate surface area is 111 Å². The van der Waals surface area contributed by atoms with Crippen LogP contribution in [0.15, 0.2) is 29.3 Å². The van der Waals surface area contributed by atoms with Crippen LogP contribution in [0.3, 0.4) is 0 Å². The molecule has 0 radical (unpaired) electrons. The summed E-state index contributed by atoms with van der Waals surface area (Å²) in [6.07, 6.45) is 6.67. The first-order chi connectivity index (χ1) is 8.66. The van der Waals surface area contributed by atoms with Crippen LogP contribution in [0.2, 0.25) is 0 Å². The smallest absolute Gasteiger partial charge is 0.0503 e. The van der Waals surface area contributed by atoms with E-state index in [1.165, 1.54) is 48.9 Å². The summed E-state index contributed by atoms with van der Waals surface area (Å²) in [6, 6.07) is 9.38. The highest BCUT2D eigenvalue weighted by molar-refractivity contribution is 6.02. The summed E-state index contributed by atoms with van der Waals surface area (Å²) in [5, 5.41) is 0. The average molecular weight is 243 g/mol. The second kappa shape index (κ2) is 6.17. The summed E-state index contributed by atoms with van der Waals surface area (Å²) in [5.74, 6) is 0.509. The third-order valence-corrected chi connectivity index (χ3v) is 3.79. The third-order valence-electron chi connectivity index (χ3n) is 3.79. The van der Waals surface area contributed by atoms with Crippen LogP contribution >= 0.6 is 0 Å². The fourth-order valence-corrected chi connectivity index (χ4v) is 2.69. The van der Waals surface area contributed by atoms with Gasteiger partial charge < -0.3 is 0 Å². The Morgan fingerprint density at radius 1 is 1.06 bits per heavy atom. The Morgan fingerprint density at radius 2 is 1.67 bits per heavy atom. The highest BCUT2D eigenvalue weighted by atomic mass is 14.8. The molecule has 98 valence electrons. The molecule has 1 saturated carbocycles. The summed E-state index contributed by atoms with van der Waals surface area (Å²) in [6.45, 7) is 6.64. The van der Waals surface area contributed by atoms with Gasteiger partial charge in [-0.3, -0.25) is 4.99 Å². The highest BCUT2D eigenvalue weighted by Gasteiger charge is 2.15. The van der Waals surface area contributed by atoms with Crippen LogP contribution < -0.4 is 0 Å². The fraction of sp³-hybridized carbons (Fsp3) is 0.588. The number of nitrogens with zero attached hydrogens (tertiary/aromatic N) is 1. The van der Waals surface area contributed by atoms with Crippen molar-refractivity contribution in [2.75, 3.05) is 0 Å². The molecule has 1 aliphatic carbocycles. The zero-order valence-corrected chi connectivity index (χ0v) is 11.9. The molecular formula is C17H25N. The molecule has 0 atom stereocenters. The van der Waals surface area contributed by atoms with Crippen LogP contribution in [0.25, 0.3) is 0 Å². The van der Waals surface area contributed by atoms with Crippen molar-refractivity contribution in [2.45, 2.75) is 58.9 Å². The molecule has 1 aliphatic rings. The lowest BCUT2D eigenvalue weighted by atomic mass is 9.94. The zero-order valence-electron chi connectivity index (χ0n) is 11.9. The normalized spacial score (nSPS) is 18.3. The first-order valence-corrected chi connectivity index (χ1v) is 7.31. The monoisotopic (exact) mass is 243 g/mol. The van der Waals surface area contributed by atoms with Crippen LogP contribution in [0, 0.1) is 12.8 Å². The third kappa shape index (κ3) is 3.44. The topological polar surface area (TPSA) is 12.4 Å². The molecule has 1 fully saturated rings. The van der Waals surface area contributed by atoms with Gasteiger partial charge in [-0.05, 0) is 31.2 Å². The van der Waals surface area contributed by atoms with Crippen LogP contribution in [0.1, 0.15) is 57.1 Å². The second-order valence-corrected chi connectivity index (χ2v) is 5.83. The maximum atomic E-state index is 5.05. The van der Waals surface area contributed by atoms with Crippen molar-refractivity contribution in [3.8, 4) is 0 Å². The predicted octanol–water partition coefficient (Wildman–Crippen LogP) is 4.77. The average Bonchev–Trinajstić information content (AvgIpc) is 2.38. The molecule has 0 spiro atoms. The minimum atomic E-state index is 0.509. The zero-order chi connectivity index (χ0) is 13.0. The number of hydrogen-bond acceptors (Lipinski definition) is 1. The molecule has 0 N–H and O–H groups in total. The Kier molecular flexibility index (Phi) is 4.57. The summed E-state index contributed by atoms with van der Waals surface area (Å²) in [5.41, 5.74) is 3.92. The maximum Gasteiger partial charge on any atom is 0.0503 e. The van der Waals surface area contributed by atoms with Crippen LogP contribution in [0.5, 0.6) is 0 Å². The SMILES string of the molecule is Cc1ccc(C(=NC2CCCCC2)C(C)C)cc1. The summed E-state index contributed by atoms with van der Waals surface area (Å²) in [4.78, 5) is 5.05. The Morgan fingerprint density at radius 3 is 2.22 bits per heavy atom. The summed E-state index contributed by atoms with van der Waals surface area (Å²) < 4.78 is 0. The predicted molar refractivity (Wildman–Crippen MR) is 79.4 cm³/mol.